The molecule has 0 saturated heterocycles. The number of nitrogens with one attached hydrogen (secondary N) is 2. The number of thioether (sulfide) groups is 1. The van der Waals surface area contributed by atoms with Crippen molar-refractivity contribution in [1.29, 1.82) is 0 Å². The minimum absolute atomic E-state index is 0.232. The van der Waals surface area contributed by atoms with Gasteiger partial charge in [-0.05, 0) is 45.4 Å². The Bertz CT molecular complexity index is 485. The summed E-state index contributed by atoms with van der Waals surface area (Å²) < 4.78 is 5.32. The summed E-state index contributed by atoms with van der Waals surface area (Å²) in [5, 5.41) is 11.1. The highest BCUT2D eigenvalue weighted by Crippen LogP contribution is 2.56. The molecule has 7 heteroatoms. The highest BCUT2D eigenvalue weighted by atomic mass is 32.2. The average molecular weight is 296 g/mol. The zero-order valence-corrected chi connectivity index (χ0v) is 12.7. The van der Waals surface area contributed by atoms with Gasteiger partial charge in [-0.1, -0.05) is 11.8 Å². The fourth-order valence-electron chi connectivity index (χ4n) is 2.88. The molecule has 0 aliphatic heterocycles. The molecule has 6 nitrogen and oxygen atoms in total. The molecule has 20 heavy (non-hydrogen) atoms. The first kappa shape index (κ1) is 13.7. The van der Waals surface area contributed by atoms with Crippen LogP contribution in [0.25, 0.3) is 0 Å². The maximum absolute atomic E-state index is 11.8. The lowest BCUT2D eigenvalue weighted by Crippen LogP contribution is -2.39. The quantitative estimate of drug-likeness (QED) is 0.894. The van der Waals surface area contributed by atoms with Gasteiger partial charge < -0.3 is 10.1 Å². The predicted molar refractivity (Wildman–Crippen MR) is 75.4 cm³/mol. The summed E-state index contributed by atoms with van der Waals surface area (Å²) in [6.07, 6.45) is 3.38. The Morgan fingerprint density at radius 2 is 2.25 bits per heavy atom. The van der Waals surface area contributed by atoms with Crippen molar-refractivity contribution in [3.63, 3.8) is 0 Å². The topological polar surface area (TPSA) is 79.9 Å². The van der Waals surface area contributed by atoms with E-state index in [0.717, 1.165) is 11.6 Å². The van der Waals surface area contributed by atoms with Gasteiger partial charge in [0, 0.05) is 11.3 Å². The monoisotopic (exact) mass is 296 g/mol. The van der Waals surface area contributed by atoms with Crippen molar-refractivity contribution in [2.45, 2.75) is 55.7 Å². The van der Waals surface area contributed by atoms with Gasteiger partial charge in [-0.15, -0.1) is 0 Å². The van der Waals surface area contributed by atoms with Crippen LogP contribution in [-0.2, 0) is 4.74 Å². The molecule has 1 heterocycles. The van der Waals surface area contributed by atoms with E-state index >= 15 is 0 Å². The molecule has 0 spiro atoms. The van der Waals surface area contributed by atoms with E-state index in [0.29, 0.717) is 17.1 Å². The molecule has 4 atom stereocenters. The fourth-order valence-corrected chi connectivity index (χ4v) is 4.17. The van der Waals surface area contributed by atoms with Crippen LogP contribution in [0.1, 0.15) is 33.6 Å². The second kappa shape index (κ2) is 4.95. The van der Waals surface area contributed by atoms with Crippen LogP contribution in [0.4, 0.5) is 4.79 Å². The minimum Gasteiger partial charge on any atom is -0.444 e. The van der Waals surface area contributed by atoms with Crippen molar-refractivity contribution in [2.75, 3.05) is 0 Å². The van der Waals surface area contributed by atoms with E-state index in [2.05, 4.69) is 20.5 Å². The number of aromatic nitrogens is 3. The Morgan fingerprint density at radius 1 is 1.45 bits per heavy atom. The second-order valence-electron chi connectivity index (χ2n) is 6.50. The molecule has 110 valence electrons. The van der Waals surface area contributed by atoms with Crippen LogP contribution in [0, 0.1) is 11.8 Å². The van der Waals surface area contributed by atoms with Crippen LogP contribution in [0.5, 0.6) is 0 Å². The van der Waals surface area contributed by atoms with Crippen LogP contribution in [0.15, 0.2) is 11.5 Å². The molecule has 3 rings (SSSR count). The van der Waals surface area contributed by atoms with Crippen molar-refractivity contribution in [3.05, 3.63) is 6.33 Å². The third kappa shape index (κ3) is 3.08. The summed E-state index contributed by atoms with van der Waals surface area (Å²) in [6, 6.07) is 0.232. The van der Waals surface area contributed by atoms with E-state index in [1.54, 1.807) is 11.8 Å². The first-order chi connectivity index (χ1) is 9.42. The first-order valence-corrected chi connectivity index (χ1v) is 7.82. The maximum atomic E-state index is 11.8. The van der Waals surface area contributed by atoms with Gasteiger partial charge in [0.05, 0.1) is 0 Å². The molecule has 1 aromatic rings. The molecule has 0 aromatic carbocycles. The summed E-state index contributed by atoms with van der Waals surface area (Å²) in [4.78, 5) is 16.0. The number of alkyl carbamates (subject to hydrolysis) is 1. The van der Waals surface area contributed by atoms with Crippen molar-refractivity contribution < 1.29 is 9.53 Å². The lowest BCUT2D eigenvalue weighted by molar-refractivity contribution is 0.0500. The van der Waals surface area contributed by atoms with Crippen LogP contribution in [0.2, 0.25) is 0 Å². The Balaban J connectivity index is 1.52. The molecule has 2 saturated carbocycles. The molecule has 0 radical (unpaired) electrons. The van der Waals surface area contributed by atoms with Crippen LogP contribution in [-0.4, -0.2) is 38.2 Å². The van der Waals surface area contributed by atoms with Gasteiger partial charge in [0.2, 0.25) is 0 Å². The van der Waals surface area contributed by atoms with Gasteiger partial charge in [-0.3, -0.25) is 5.10 Å². The number of ether oxygens (including phenoxy) is 1. The Hall–Kier alpha value is -1.24. The number of rotatable bonds is 3. The van der Waals surface area contributed by atoms with E-state index in [-0.39, 0.29) is 12.1 Å². The summed E-state index contributed by atoms with van der Waals surface area (Å²) in [5.41, 5.74) is -0.445. The largest absolute Gasteiger partial charge is 0.444 e. The van der Waals surface area contributed by atoms with Gasteiger partial charge in [-0.25, -0.2) is 9.78 Å². The lowest BCUT2D eigenvalue weighted by atomic mass is 10.2. The molecule has 2 aliphatic carbocycles. The highest BCUT2D eigenvalue weighted by molar-refractivity contribution is 7.99. The number of aromatic amines is 1. The molecule has 2 aliphatic rings. The van der Waals surface area contributed by atoms with Gasteiger partial charge >= 0.3 is 6.09 Å². The van der Waals surface area contributed by atoms with Crippen LogP contribution in [0.3, 0.4) is 0 Å². The zero-order valence-electron chi connectivity index (χ0n) is 11.9. The fraction of sp³-hybridized carbons (Fsp3) is 0.769. The number of carbonyl (C=O) groups is 1. The third-order valence-corrected chi connectivity index (χ3v) is 4.99. The molecule has 0 bridgehead atoms. The summed E-state index contributed by atoms with van der Waals surface area (Å²) in [7, 11) is 0. The molecular weight excluding hydrogens is 276 g/mol. The molecule has 4 unspecified atom stereocenters. The summed E-state index contributed by atoms with van der Waals surface area (Å²) in [6.45, 7) is 5.64. The SMILES string of the molecule is CC(C)(C)OC(=O)NC1CC(Sc2ncn[nH]2)C2CC12. The van der Waals surface area contributed by atoms with Crippen molar-refractivity contribution in [1.82, 2.24) is 20.5 Å². The number of H-pyrrole nitrogens is 1. The average Bonchev–Trinajstić information content (AvgIpc) is 2.82. The number of carbonyl (C=O) groups excluding carboxylic acids is 1. The van der Waals surface area contributed by atoms with E-state index in [4.69, 9.17) is 4.74 Å². The van der Waals surface area contributed by atoms with E-state index < -0.39 is 5.60 Å². The van der Waals surface area contributed by atoms with Gasteiger partial charge in [0.1, 0.15) is 11.9 Å². The van der Waals surface area contributed by atoms with Gasteiger partial charge in [-0.2, -0.15) is 5.10 Å². The molecule has 2 N–H and O–H groups in total. The van der Waals surface area contributed by atoms with Crippen LogP contribution < -0.4 is 5.32 Å². The first-order valence-electron chi connectivity index (χ1n) is 6.94. The number of hydrogen-bond donors (Lipinski definition) is 2. The van der Waals surface area contributed by atoms with Crippen molar-refractivity contribution in [3.8, 4) is 0 Å². The molecular formula is C13H20N4O2S. The Morgan fingerprint density at radius 3 is 2.90 bits per heavy atom. The summed E-state index contributed by atoms with van der Waals surface area (Å²) in [5.74, 6) is 1.29. The standard InChI is InChI=1S/C13H20N4O2S/c1-13(2,3)19-12(18)16-9-5-10(8-4-7(8)9)20-11-14-6-15-17-11/h6-10H,4-5H2,1-3H3,(H,16,18)(H,14,15,17). The Labute approximate surface area is 122 Å². The number of fused-ring (bicyclic) bond motifs is 1. The lowest BCUT2D eigenvalue weighted by Gasteiger charge is -2.22. The number of hydrogen-bond acceptors (Lipinski definition) is 5. The summed E-state index contributed by atoms with van der Waals surface area (Å²) >= 11 is 1.73. The minimum atomic E-state index is -0.445. The highest BCUT2D eigenvalue weighted by Gasteiger charge is 2.55. The van der Waals surface area contributed by atoms with E-state index in [1.165, 1.54) is 12.7 Å². The molecule has 2 fully saturated rings. The van der Waals surface area contributed by atoms with Crippen molar-refractivity contribution >= 4 is 17.9 Å². The second-order valence-corrected chi connectivity index (χ2v) is 7.73. The predicted octanol–water partition coefficient (Wildman–Crippen LogP) is 2.20. The van der Waals surface area contributed by atoms with Crippen molar-refractivity contribution in [2.24, 2.45) is 11.8 Å². The van der Waals surface area contributed by atoms with Gasteiger partial charge in [0.15, 0.2) is 5.16 Å². The third-order valence-electron chi connectivity index (χ3n) is 3.73. The smallest absolute Gasteiger partial charge is 0.407 e. The normalized spacial score (nSPS) is 31.8. The number of amides is 1. The Kier molecular flexibility index (Phi) is 3.40. The van der Waals surface area contributed by atoms with Gasteiger partial charge in [0.25, 0.3) is 0 Å². The molecule has 1 aromatic heterocycles. The van der Waals surface area contributed by atoms with E-state index in [1.807, 2.05) is 20.8 Å². The molecule has 1 amide bonds. The number of nitrogens with zero attached hydrogens (tertiary/aromatic N) is 2. The van der Waals surface area contributed by atoms with Crippen LogP contribution >= 0.6 is 11.8 Å². The maximum Gasteiger partial charge on any atom is 0.407 e. The zero-order chi connectivity index (χ0) is 14.3. The van der Waals surface area contributed by atoms with E-state index in [9.17, 15) is 4.79 Å².